The number of nitro benzene ring substituents is 2. The van der Waals surface area contributed by atoms with E-state index >= 15 is 0 Å². The van der Waals surface area contributed by atoms with Crippen LogP contribution in [0, 0.1) is 20.2 Å². The van der Waals surface area contributed by atoms with Crippen LogP contribution in [-0.4, -0.2) is 62.8 Å². The highest BCUT2D eigenvalue weighted by Gasteiger charge is 2.22. The summed E-state index contributed by atoms with van der Waals surface area (Å²) in [6.45, 7) is 0. The number of hydrogen-bond donors (Lipinski definition) is 6. The summed E-state index contributed by atoms with van der Waals surface area (Å²) < 4.78 is 0. The van der Waals surface area contributed by atoms with Crippen LogP contribution < -0.4 is 32.7 Å². The summed E-state index contributed by atoms with van der Waals surface area (Å²) in [6.07, 6.45) is 8.48. The number of Topliss-reactive ketones (excluding diaryl/α,β-unsaturated/α-hetero) is 1. The number of hydrogen-bond acceptors (Lipinski definition) is 18. The number of rotatable bonds is 7. The Hall–Kier alpha value is -10.8. The predicted octanol–water partition coefficient (Wildman–Crippen LogP) is 14.8. The van der Waals surface area contributed by atoms with Gasteiger partial charge in [-0.2, -0.15) is 0 Å². The van der Waals surface area contributed by atoms with Gasteiger partial charge < -0.3 is 32.7 Å². The van der Waals surface area contributed by atoms with Crippen LogP contribution in [0.3, 0.4) is 0 Å². The maximum atomic E-state index is 12.0. The lowest BCUT2D eigenvalue weighted by molar-refractivity contribution is -0.385. The molecule has 2 aliphatic rings. The van der Waals surface area contributed by atoms with Gasteiger partial charge in [-0.15, -0.1) is 0 Å². The van der Waals surface area contributed by atoms with E-state index in [2.05, 4.69) is 51.2 Å². The number of para-hydroxylation sites is 5. The normalized spacial score (nSPS) is 11.0. The van der Waals surface area contributed by atoms with Crippen LogP contribution in [0.25, 0.3) is 0 Å². The van der Waals surface area contributed by atoms with E-state index < -0.39 is 21.0 Å². The number of nitrogens with one attached hydrogen (secondary N) is 4. The van der Waals surface area contributed by atoms with Crippen LogP contribution in [0.4, 0.5) is 62.8 Å². The van der Waals surface area contributed by atoms with Crippen molar-refractivity contribution < 1.29 is 29.0 Å². The minimum atomic E-state index is -0.817. The number of ketones is 1. The molecular formula is C61H45Cl5N14O8. The summed E-state index contributed by atoms with van der Waals surface area (Å²) in [7, 11) is 0. The van der Waals surface area contributed by atoms with E-state index in [1.807, 2.05) is 72.8 Å². The SMILES string of the molecule is ClC1=Nc2cccnc2Nc2ccccc21.Nc1ccccc1C(=O)Nc1cccnc1Cl.Nc1cccnc1Cl.O=C(Cl)c1ccccc1[N+](=O)[O-].O=C(Nc1cccnc1Cl)c1ccccc1[N+](=O)[O-].O=C1Cc2cccnc2Nc2ccccc21. The molecule has 0 saturated carbocycles. The first-order chi connectivity index (χ1) is 42.4. The number of carbonyl (C=O) groups excluding carboxylic acids is 4. The van der Waals surface area contributed by atoms with Crippen molar-refractivity contribution >= 4 is 149 Å². The Balaban J connectivity index is 0.000000153. The predicted molar refractivity (Wildman–Crippen MR) is 343 cm³/mol. The first-order valence-corrected chi connectivity index (χ1v) is 27.4. The number of aliphatic imine (C=N–C) groups is 1. The molecule has 0 saturated heterocycles. The molecule has 0 aliphatic carbocycles. The van der Waals surface area contributed by atoms with Crippen molar-refractivity contribution in [3.05, 3.63) is 282 Å². The van der Waals surface area contributed by atoms with Gasteiger partial charge in [-0.1, -0.05) is 113 Å². The molecule has 10 aromatic rings. The van der Waals surface area contributed by atoms with Gasteiger partial charge in [0.15, 0.2) is 27.1 Å². The first-order valence-electron chi connectivity index (χ1n) is 25.5. The van der Waals surface area contributed by atoms with Crippen molar-refractivity contribution in [2.75, 3.05) is 32.7 Å². The maximum absolute atomic E-state index is 12.0. The monoisotopic (exact) mass is 1280 g/mol. The fourth-order valence-electron chi connectivity index (χ4n) is 7.64. The highest BCUT2D eigenvalue weighted by molar-refractivity contribution is 6.70. The minimum Gasteiger partial charge on any atom is -0.398 e. The van der Waals surface area contributed by atoms with Gasteiger partial charge in [-0.25, -0.2) is 29.9 Å². The largest absolute Gasteiger partial charge is 0.398 e. The van der Waals surface area contributed by atoms with Crippen molar-refractivity contribution in [1.82, 2.24) is 24.9 Å². The molecule has 5 aromatic carbocycles. The summed E-state index contributed by atoms with van der Waals surface area (Å²) in [5.41, 5.74) is 17.6. The third-order valence-corrected chi connectivity index (χ3v) is 13.2. The third kappa shape index (κ3) is 18.1. The highest BCUT2D eigenvalue weighted by Crippen LogP contribution is 2.33. The molecule has 0 fully saturated rings. The molecule has 8 N–H and O–H groups in total. The topological polar surface area (TPSA) is 332 Å². The number of pyridine rings is 5. The molecule has 5 aromatic heterocycles. The average molecular weight is 1280 g/mol. The fraction of sp³-hybridized carbons (Fsp3) is 0.0164. The zero-order valence-electron chi connectivity index (χ0n) is 45.3. The van der Waals surface area contributed by atoms with Crippen molar-refractivity contribution in [2.45, 2.75) is 6.42 Å². The van der Waals surface area contributed by atoms with Gasteiger partial charge >= 0.3 is 0 Å². The van der Waals surface area contributed by atoms with Gasteiger partial charge in [-0.05, 0) is 115 Å². The molecule has 88 heavy (non-hydrogen) atoms. The zero-order valence-corrected chi connectivity index (χ0v) is 49.1. The molecule has 0 radical (unpaired) electrons. The molecule has 22 nitrogen and oxygen atoms in total. The van der Waals surface area contributed by atoms with E-state index in [0.717, 1.165) is 45.4 Å². The Bertz CT molecular complexity index is 4160. The van der Waals surface area contributed by atoms with Crippen LogP contribution in [-0.2, 0) is 6.42 Å². The number of benzene rings is 5. The van der Waals surface area contributed by atoms with Crippen molar-refractivity contribution in [1.29, 1.82) is 0 Å². The van der Waals surface area contributed by atoms with E-state index in [9.17, 15) is 39.4 Å². The fourth-order valence-corrected chi connectivity index (χ4v) is 8.51. The molecule has 7 heterocycles. The van der Waals surface area contributed by atoms with Gasteiger partial charge in [0.25, 0.3) is 28.4 Å². The minimum absolute atomic E-state index is 0.0348. The summed E-state index contributed by atoms with van der Waals surface area (Å²) in [4.78, 5) is 90.6. The molecular weight excluding hydrogens is 1230 g/mol. The Labute approximate surface area is 525 Å². The molecule has 442 valence electrons. The molecule has 0 bridgehead atoms. The standard InChI is InChI=1S/C13H10N2O.C12H8ClN3O3.C12H10ClN3O.C12H8ClN3.C7H4ClNO3.C5H5ClN2/c16-12-8-9-4-3-7-14-13(9)15-11-6-2-1-5-10(11)12;13-11-9(5-3-7-14-11)15-12(17)8-4-1-2-6-10(8)16(18)19;13-11-10(6-3-7-15-11)16-12(17)8-4-1-2-5-9(8)14;13-11-8-4-1-2-5-9(8)16-12-10(15-11)6-3-7-14-12;8-7(10)5-3-1-2-4-6(5)9(11)12;6-5-4(7)2-1-3-8-5/h1-7H,8H2,(H,14,15);1-7H,(H,15,17);1-7H,14H2,(H,16,17);1-7H,(H,14,16);1-4H;1-3H,7H2. The molecule has 2 amide bonds. The van der Waals surface area contributed by atoms with Crippen molar-refractivity contribution in [2.24, 2.45) is 4.99 Å². The maximum Gasteiger partial charge on any atom is 0.282 e. The molecule has 0 spiro atoms. The second-order valence-electron chi connectivity index (χ2n) is 17.6. The molecule has 12 rings (SSSR count). The van der Waals surface area contributed by atoms with E-state index in [4.69, 9.17) is 69.5 Å². The molecule has 0 atom stereocenters. The smallest absolute Gasteiger partial charge is 0.282 e. The number of nitrogens with two attached hydrogens (primary N) is 2. The van der Waals surface area contributed by atoms with Crippen LogP contribution in [0.1, 0.15) is 52.6 Å². The quantitative estimate of drug-likeness (QED) is 0.0284. The number of carbonyl (C=O) groups is 4. The Kier molecular flexibility index (Phi) is 23.5. The van der Waals surface area contributed by atoms with Gasteiger partial charge in [-0.3, -0.25) is 39.4 Å². The number of fused-ring (bicyclic) bond motifs is 4. The lowest BCUT2D eigenvalue weighted by Gasteiger charge is -2.07. The zero-order chi connectivity index (χ0) is 63.1. The van der Waals surface area contributed by atoms with Gasteiger partial charge in [0, 0.05) is 71.9 Å². The number of amides is 2. The van der Waals surface area contributed by atoms with Gasteiger partial charge in [0.05, 0.1) is 43.8 Å². The van der Waals surface area contributed by atoms with Crippen molar-refractivity contribution in [3.63, 3.8) is 0 Å². The second kappa shape index (κ2) is 31.9. The van der Waals surface area contributed by atoms with E-state index in [1.54, 1.807) is 91.5 Å². The third-order valence-electron chi connectivity index (χ3n) is 11.8. The van der Waals surface area contributed by atoms with Crippen LogP contribution in [0.2, 0.25) is 15.5 Å². The molecule has 0 unspecified atom stereocenters. The Morgan fingerprint density at radius 3 is 1.45 bits per heavy atom. The highest BCUT2D eigenvalue weighted by atomic mass is 35.5. The van der Waals surface area contributed by atoms with Gasteiger partial charge in [0.2, 0.25) is 0 Å². The number of aromatic nitrogens is 5. The Morgan fingerprint density at radius 2 is 0.909 bits per heavy atom. The number of nitro groups is 2. The molecule has 27 heteroatoms. The summed E-state index contributed by atoms with van der Waals surface area (Å²) in [5.74, 6) is 0.724. The average Bonchev–Trinajstić information content (AvgIpc) is 3.70. The van der Waals surface area contributed by atoms with Crippen LogP contribution in [0.15, 0.2) is 218 Å². The number of halogens is 5. The Morgan fingerprint density at radius 1 is 0.477 bits per heavy atom. The van der Waals surface area contributed by atoms with E-state index in [-0.39, 0.29) is 44.5 Å². The summed E-state index contributed by atoms with van der Waals surface area (Å²) in [5, 5.41) is 33.1. The lowest BCUT2D eigenvalue weighted by Crippen LogP contribution is -2.14. The second-order valence-corrected chi connectivity index (χ2v) is 19.4. The van der Waals surface area contributed by atoms with Crippen molar-refractivity contribution in [3.8, 4) is 0 Å². The number of nitrogens with zero attached hydrogens (tertiary/aromatic N) is 8. The van der Waals surface area contributed by atoms with E-state index in [0.29, 0.717) is 45.1 Å². The lowest BCUT2D eigenvalue weighted by atomic mass is 10.0. The first kappa shape index (κ1) is 64.8. The number of nitrogen functional groups attached to an aromatic ring is 2. The van der Waals surface area contributed by atoms with Gasteiger partial charge in [0.1, 0.15) is 27.8 Å². The summed E-state index contributed by atoms with van der Waals surface area (Å²) >= 11 is 28.4. The molecule has 2 aliphatic heterocycles. The van der Waals surface area contributed by atoms with Crippen LogP contribution >= 0.6 is 58.0 Å². The number of anilines is 8. The van der Waals surface area contributed by atoms with Crippen LogP contribution in [0.5, 0.6) is 0 Å². The van der Waals surface area contributed by atoms with E-state index in [1.165, 1.54) is 48.7 Å². The summed E-state index contributed by atoms with van der Waals surface area (Å²) in [6, 6.07) is 50.8.